The average Bonchev–Trinajstić information content (AvgIpc) is 3.17. The Kier molecular flexibility index (Phi) is 5.98. The third-order valence-corrected chi connectivity index (χ3v) is 7.31. The summed E-state index contributed by atoms with van der Waals surface area (Å²) in [6.07, 6.45) is 1.63. The second-order valence-corrected chi connectivity index (χ2v) is 9.55. The largest absolute Gasteiger partial charge is 0.502 e. The van der Waals surface area contributed by atoms with Crippen LogP contribution in [-0.4, -0.2) is 61.6 Å². The van der Waals surface area contributed by atoms with Gasteiger partial charge in [-0.25, -0.2) is 8.78 Å². The van der Waals surface area contributed by atoms with Gasteiger partial charge in [0.1, 0.15) is 22.3 Å². The van der Waals surface area contributed by atoms with Crippen LogP contribution in [0.4, 0.5) is 8.78 Å². The monoisotopic (exact) mass is 491 g/mol. The van der Waals surface area contributed by atoms with Crippen molar-refractivity contribution in [3.63, 3.8) is 0 Å². The van der Waals surface area contributed by atoms with Gasteiger partial charge in [0.15, 0.2) is 11.4 Å². The van der Waals surface area contributed by atoms with Crippen molar-refractivity contribution in [2.75, 3.05) is 19.1 Å². The number of pyridine rings is 1. The number of rotatable bonds is 3. The van der Waals surface area contributed by atoms with Gasteiger partial charge in [0.2, 0.25) is 5.43 Å². The molecular weight excluding hydrogens is 468 g/mol. The molecule has 12 heteroatoms. The van der Waals surface area contributed by atoms with Crippen LogP contribution >= 0.6 is 11.8 Å². The Morgan fingerprint density at radius 3 is 2.59 bits per heavy atom. The number of fused-ring (bicyclic) bond motifs is 1. The van der Waals surface area contributed by atoms with Crippen LogP contribution in [0.5, 0.6) is 5.75 Å². The summed E-state index contributed by atoms with van der Waals surface area (Å²) < 4.78 is 28.3. The summed E-state index contributed by atoms with van der Waals surface area (Å²) in [5.41, 5.74) is -2.25. The van der Waals surface area contributed by atoms with Gasteiger partial charge in [0, 0.05) is 39.2 Å². The van der Waals surface area contributed by atoms with E-state index in [1.807, 2.05) is 0 Å². The van der Waals surface area contributed by atoms with Gasteiger partial charge in [-0.05, 0) is 24.5 Å². The highest BCUT2D eigenvalue weighted by Crippen LogP contribution is 2.40. The molecule has 180 valence electrons. The van der Waals surface area contributed by atoms with E-state index >= 15 is 0 Å². The number of carbonyl (C=O) groups excluding carboxylic acids is 1. The molecule has 2 unspecified atom stereocenters. The molecule has 2 heterocycles. The minimum atomic E-state index is -0.943. The SMILES string of the molecule is CN1C(=O)c2c(O)c(=O)c(C(=N)SC(=N)Cc3ccc(F)cc3F)cn2N(C)C12CCC(O)C2. The van der Waals surface area contributed by atoms with E-state index in [9.17, 15) is 28.6 Å². The summed E-state index contributed by atoms with van der Waals surface area (Å²) in [5, 5.41) is 38.3. The second-order valence-electron chi connectivity index (χ2n) is 8.45. The van der Waals surface area contributed by atoms with Crippen LogP contribution in [0, 0.1) is 22.5 Å². The Balaban J connectivity index is 1.66. The van der Waals surface area contributed by atoms with Crippen LogP contribution in [0.3, 0.4) is 0 Å². The molecule has 0 radical (unpaired) electrons. The first-order valence-corrected chi connectivity index (χ1v) is 11.2. The predicted octanol–water partition coefficient (Wildman–Crippen LogP) is 2.01. The van der Waals surface area contributed by atoms with Crippen LogP contribution < -0.4 is 10.4 Å². The summed E-state index contributed by atoms with van der Waals surface area (Å²) in [5.74, 6) is -2.98. The number of aromatic nitrogens is 1. The molecule has 2 aliphatic rings. The fraction of sp³-hybridized carbons (Fsp3) is 0.364. The highest BCUT2D eigenvalue weighted by atomic mass is 32.2. The number of carbonyl (C=O) groups is 1. The summed E-state index contributed by atoms with van der Waals surface area (Å²) >= 11 is 0.589. The molecule has 0 saturated heterocycles. The fourth-order valence-electron chi connectivity index (χ4n) is 4.58. The number of thioether (sulfide) groups is 1. The molecule has 1 aromatic heterocycles. The van der Waals surface area contributed by atoms with Crippen molar-refractivity contribution in [2.24, 2.45) is 0 Å². The number of hydrogen-bond acceptors (Lipinski definition) is 8. The van der Waals surface area contributed by atoms with Crippen molar-refractivity contribution in [3.8, 4) is 5.75 Å². The van der Waals surface area contributed by atoms with Crippen LogP contribution in [0.1, 0.15) is 40.9 Å². The maximum Gasteiger partial charge on any atom is 0.278 e. The summed E-state index contributed by atoms with van der Waals surface area (Å²) in [6, 6.07) is 2.97. The highest BCUT2D eigenvalue weighted by Gasteiger charge is 2.52. The van der Waals surface area contributed by atoms with Gasteiger partial charge in [0.05, 0.1) is 16.7 Å². The molecular formula is C22H23F2N5O4S. The van der Waals surface area contributed by atoms with Gasteiger partial charge in [-0.2, -0.15) is 0 Å². The fourth-order valence-corrected chi connectivity index (χ4v) is 5.31. The summed E-state index contributed by atoms with van der Waals surface area (Å²) in [6.45, 7) is 0. The maximum absolute atomic E-state index is 13.9. The number of hydrogen-bond donors (Lipinski definition) is 4. The van der Waals surface area contributed by atoms with E-state index in [4.69, 9.17) is 10.8 Å². The third kappa shape index (κ3) is 3.76. The van der Waals surface area contributed by atoms with E-state index in [-0.39, 0.29) is 39.7 Å². The minimum absolute atomic E-state index is 0.0619. The van der Waals surface area contributed by atoms with Gasteiger partial charge in [-0.3, -0.25) is 30.1 Å². The quantitative estimate of drug-likeness (QED) is 0.383. The molecule has 2 atom stereocenters. The number of aromatic hydroxyl groups is 1. The predicted molar refractivity (Wildman–Crippen MR) is 123 cm³/mol. The first-order chi connectivity index (χ1) is 16.0. The van der Waals surface area contributed by atoms with Gasteiger partial charge in [-0.1, -0.05) is 17.8 Å². The third-order valence-electron chi connectivity index (χ3n) is 6.50. The smallest absolute Gasteiger partial charge is 0.278 e. The Bertz CT molecular complexity index is 1280. The first kappa shape index (κ1) is 23.9. The topological polar surface area (TPSA) is 134 Å². The normalized spacial score (nSPS) is 21.8. The van der Waals surface area contributed by atoms with Crippen molar-refractivity contribution < 1.29 is 23.8 Å². The van der Waals surface area contributed by atoms with Crippen molar-refractivity contribution in [1.82, 2.24) is 9.58 Å². The molecule has 9 nitrogen and oxygen atoms in total. The molecule has 1 saturated carbocycles. The van der Waals surface area contributed by atoms with E-state index in [0.29, 0.717) is 30.7 Å². The molecule has 1 aromatic carbocycles. The number of nitrogens with one attached hydrogen (secondary N) is 2. The lowest BCUT2D eigenvalue weighted by Gasteiger charge is -2.51. The zero-order valence-electron chi connectivity index (χ0n) is 18.4. The van der Waals surface area contributed by atoms with E-state index in [2.05, 4.69) is 0 Å². The molecule has 1 aliphatic carbocycles. The Hall–Kier alpha value is -3.25. The standard InChI is InChI=1S/C22H23F2N5O4S/c1-27-21(33)17-19(32)18(31)14(10-29(17)28(2)22(27)6-5-13(30)9-22)20(26)34-16(25)7-11-3-4-12(23)8-15(11)24/h3-4,8,10,13,25-26,30,32H,5-7,9H2,1-2H3. The van der Waals surface area contributed by atoms with Gasteiger partial charge >= 0.3 is 0 Å². The molecule has 1 fully saturated rings. The molecule has 34 heavy (non-hydrogen) atoms. The Morgan fingerprint density at radius 2 is 1.97 bits per heavy atom. The number of aliphatic hydroxyl groups excluding tert-OH is 1. The van der Waals surface area contributed by atoms with Crippen LogP contribution in [-0.2, 0) is 6.42 Å². The second kappa shape index (κ2) is 8.51. The first-order valence-electron chi connectivity index (χ1n) is 10.4. The molecule has 0 bridgehead atoms. The van der Waals surface area contributed by atoms with Crippen LogP contribution in [0.25, 0.3) is 0 Å². The van der Waals surface area contributed by atoms with Crippen molar-refractivity contribution in [3.05, 3.63) is 63.1 Å². The number of aliphatic hydroxyl groups is 1. The van der Waals surface area contributed by atoms with Gasteiger partial charge in [-0.15, -0.1) is 0 Å². The zero-order valence-corrected chi connectivity index (χ0v) is 19.2. The van der Waals surface area contributed by atoms with Gasteiger partial charge in [0.25, 0.3) is 5.91 Å². The number of amides is 1. The van der Waals surface area contributed by atoms with Crippen molar-refractivity contribution in [2.45, 2.75) is 37.5 Å². The number of nitrogens with zero attached hydrogens (tertiary/aromatic N) is 3. The molecule has 1 aliphatic heterocycles. The molecule has 1 spiro atoms. The number of halogens is 2. The zero-order chi connectivity index (χ0) is 24.9. The molecule has 4 N–H and O–H groups in total. The number of benzene rings is 1. The molecule has 2 aromatic rings. The highest BCUT2D eigenvalue weighted by molar-refractivity contribution is 8.26. The van der Waals surface area contributed by atoms with E-state index in [1.165, 1.54) is 21.8 Å². The molecule has 4 rings (SSSR count). The van der Waals surface area contributed by atoms with Gasteiger partial charge < -0.3 is 15.1 Å². The summed E-state index contributed by atoms with van der Waals surface area (Å²) in [4.78, 5) is 27.3. The lowest BCUT2D eigenvalue weighted by molar-refractivity contribution is 0.0356. The Morgan fingerprint density at radius 1 is 1.26 bits per heavy atom. The Labute approximate surface area is 197 Å². The van der Waals surface area contributed by atoms with Crippen molar-refractivity contribution in [1.29, 1.82) is 10.8 Å². The van der Waals surface area contributed by atoms with E-state index in [1.54, 1.807) is 19.1 Å². The average molecular weight is 492 g/mol. The lowest BCUT2D eigenvalue weighted by atomic mass is 10.0. The van der Waals surface area contributed by atoms with Crippen LogP contribution in [0.15, 0.2) is 29.2 Å². The molecule has 1 amide bonds. The summed E-state index contributed by atoms with van der Waals surface area (Å²) in [7, 11) is 3.21. The lowest BCUT2D eigenvalue weighted by Crippen LogP contribution is -2.67. The van der Waals surface area contributed by atoms with E-state index in [0.717, 1.165) is 6.07 Å². The minimum Gasteiger partial charge on any atom is -0.502 e. The van der Waals surface area contributed by atoms with E-state index < -0.39 is 40.5 Å². The maximum atomic E-state index is 13.9. The van der Waals surface area contributed by atoms with Crippen LogP contribution in [0.2, 0.25) is 0 Å². The van der Waals surface area contributed by atoms with Crippen molar-refractivity contribution >= 4 is 27.8 Å².